The lowest BCUT2D eigenvalue weighted by atomic mass is 10.2. The summed E-state index contributed by atoms with van der Waals surface area (Å²) in [6, 6.07) is 3.58. The highest BCUT2D eigenvalue weighted by Gasteiger charge is 2.15. The summed E-state index contributed by atoms with van der Waals surface area (Å²) >= 11 is 0. The van der Waals surface area contributed by atoms with Gasteiger partial charge in [-0.15, -0.1) is 12.4 Å². The molecule has 0 aliphatic heterocycles. The quantitative estimate of drug-likeness (QED) is 0.784. The van der Waals surface area contributed by atoms with Gasteiger partial charge in [0, 0.05) is 19.2 Å². The van der Waals surface area contributed by atoms with Gasteiger partial charge in [-0.05, 0) is 19.9 Å². The van der Waals surface area contributed by atoms with Gasteiger partial charge in [-0.1, -0.05) is 0 Å². The van der Waals surface area contributed by atoms with Crippen LogP contribution in [0, 0.1) is 0 Å². The molecule has 0 saturated heterocycles. The molecule has 0 radical (unpaired) electrons. The number of nitrogens with two attached hydrogens (primary N) is 1. The Morgan fingerprint density at radius 2 is 1.95 bits per heavy atom. The average molecular weight is 287 g/mol. The second-order valence-corrected chi connectivity index (χ2v) is 4.02. The Bertz CT molecular complexity index is 434. The van der Waals surface area contributed by atoms with Crippen molar-refractivity contribution in [2.24, 2.45) is 5.73 Å². The number of pyridine rings is 1. The molecule has 1 heterocycles. The molecule has 0 fully saturated rings. The lowest BCUT2D eigenvalue weighted by Gasteiger charge is -2.17. The Balaban J connectivity index is 0.00000324. The summed E-state index contributed by atoms with van der Waals surface area (Å²) in [6.07, 6.45) is 3.85. The molecule has 2 N–H and O–H groups in total. The predicted molar refractivity (Wildman–Crippen MR) is 74.9 cm³/mol. The van der Waals surface area contributed by atoms with E-state index < -0.39 is 0 Å². The van der Waals surface area contributed by atoms with E-state index in [1.54, 1.807) is 23.2 Å². The van der Waals surface area contributed by atoms with E-state index >= 15 is 0 Å². The van der Waals surface area contributed by atoms with Crippen molar-refractivity contribution in [3.05, 3.63) is 30.1 Å². The van der Waals surface area contributed by atoms with Gasteiger partial charge in [-0.2, -0.15) is 0 Å². The fourth-order valence-electron chi connectivity index (χ4n) is 1.72. The van der Waals surface area contributed by atoms with Gasteiger partial charge in [0.2, 0.25) is 5.91 Å². The monoisotopic (exact) mass is 286 g/mol. The Morgan fingerprint density at radius 1 is 1.32 bits per heavy atom. The number of hydrogen-bond donors (Lipinski definition) is 1. The maximum atomic E-state index is 12.1. The molecule has 0 aliphatic carbocycles. The topological polar surface area (TPSA) is 67.3 Å². The van der Waals surface area contributed by atoms with Gasteiger partial charge < -0.3 is 10.6 Å². The third kappa shape index (κ3) is 5.26. The highest BCUT2D eigenvalue weighted by atomic mass is 35.5. The largest absolute Gasteiger partial charge is 0.369 e. The molecule has 5 nitrogen and oxygen atoms in total. The van der Waals surface area contributed by atoms with Crippen molar-refractivity contribution in [2.45, 2.75) is 26.8 Å². The maximum absolute atomic E-state index is 12.1. The van der Waals surface area contributed by atoms with Crippen molar-refractivity contribution in [1.82, 2.24) is 4.90 Å². The molecular weight excluding hydrogens is 266 g/mol. The third-order valence-electron chi connectivity index (χ3n) is 2.77. The fourth-order valence-corrected chi connectivity index (χ4v) is 1.72. The van der Waals surface area contributed by atoms with E-state index in [-0.39, 0.29) is 30.6 Å². The normalized spacial score (nSPS) is 9.58. The van der Waals surface area contributed by atoms with Gasteiger partial charge in [-0.3, -0.25) is 9.59 Å². The van der Waals surface area contributed by atoms with Gasteiger partial charge >= 0.3 is 0 Å². The second kappa shape index (κ2) is 8.48. The summed E-state index contributed by atoms with van der Waals surface area (Å²) in [5.41, 5.74) is 5.73. The molecule has 0 saturated carbocycles. The molecule has 1 aromatic heterocycles. The SMILES string of the molecule is CCN(CC)C(=O)c1ccc[n+](CCC(N)=O)c1.Cl. The van der Waals surface area contributed by atoms with Crippen LogP contribution >= 0.6 is 12.4 Å². The first-order valence-electron chi connectivity index (χ1n) is 6.15. The molecule has 1 aromatic rings. The average Bonchev–Trinajstić information content (AvgIpc) is 2.38. The van der Waals surface area contributed by atoms with E-state index in [0.717, 1.165) is 0 Å². The van der Waals surface area contributed by atoms with Crippen molar-refractivity contribution >= 4 is 24.2 Å². The molecule has 0 atom stereocenters. The van der Waals surface area contributed by atoms with Crippen molar-refractivity contribution < 1.29 is 14.2 Å². The summed E-state index contributed by atoms with van der Waals surface area (Å²) in [5, 5.41) is 0. The number of carbonyl (C=O) groups excluding carboxylic acids is 2. The zero-order valence-electron chi connectivity index (χ0n) is 11.3. The molecule has 1 rings (SSSR count). The molecule has 0 bridgehead atoms. The van der Waals surface area contributed by atoms with Crippen LogP contribution in [0.25, 0.3) is 0 Å². The lowest BCUT2D eigenvalue weighted by molar-refractivity contribution is -0.695. The highest BCUT2D eigenvalue weighted by Crippen LogP contribution is 2.02. The molecule has 0 aliphatic rings. The third-order valence-corrected chi connectivity index (χ3v) is 2.77. The number of carbonyl (C=O) groups is 2. The summed E-state index contributed by atoms with van der Waals surface area (Å²) in [7, 11) is 0. The summed E-state index contributed by atoms with van der Waals surface area (Å²) in [6.45, 7) is 5.77. The first-order chi connectivity index (χ1) is 8.58. The lowest BCUT2D eigenvalue weighted by Crippen LogP contribution is -2.38. The predicted octanol–water partition coefficient (Wildman–Crippen LogP) is 0.753. The Kier molecular flexibility index (Phi) is 7.75. The molecular formula is C13H21ClN3O2+. The van der Waals surface area contributed by atoms with E-state index in [9.17, 15) is 9.59 Å². The van der Waals surface area contributed by atoms with Crippen LogP contribution in [-0.4, -0.2) is 29.8 Å². The van der Waals surface area contributed by atoms with Crippen molar-refractivity contribution in [3.8, 4) is 0 Å². The van der Waals surface area contributed by atoms with Gasteiger partial charge in [0.25, 0.3) is 5.91 Å². The number of aromatic nitrogens is 1. The number of nitrogens with zero attached hydrogens (tertiary/aromatic N) is 2. The minimum atomic E-state index is -0.344. The summed E-state index contributed by atoms with van der Waals surface area (Å²) in [5.74, 6) is -0.337. The van der Waals surface area contributed by atoms with Crippen LogP contribution in [0.4, 0.5) is 0 Å². The van der Waals surface area contributed by atoms with Gasteiger partial charge in [0.05, 0.1) is 6.42 Å². The maximum Gasteiger partial charge on any atom is 0.259 e. The van der Waals surface area contributed by atoms with Crippen LogP contribution in [-0.2, 0) is 11.3 Å². The number of hydrogen-bond acceptors (Lipinski definition) is 2. The molecule has 6 heteroatoms. The number of aryl methyl sites for hydroxylation is 1. The molecule has 2 amide bonds. The fraction of sp³-hybridized carbons (Fsp3) is 0.462. The van der Waals surface area contributed by atoms with Crippen LogP contribution in [0.2, 0.25) is 0 Å². The van der Waals surface area contributed by atoms with Gasteiger partial charge in [0.15, 0.2) is 18.9 Å². The Hall–Kier alpha value is -1.62. The summed E-state index contributed by atoms with van der Waals surface area (Å²) in [4.78, 5) is 24.6. The minimum absolute atomic E-state index is 0. The van der Waals surface area contributed by atoms with Crippen LogP contribution in [0.1, 0.15) is 30.6 Å². The van der Waals surface area contributed by atoms with Crippen molar-refractivity contribution in [3.63, 3.8) is 0 Å². The van der Waals surface area contributed by atoms with E-state index in [1.165, 1.54) is 0 Å². The molecule has 0 aromatic carbocycles. The van der Waals surface area contributed by atoms with Crippen molar-refractivity contribution in [2.75, 3.05) is 13.1 Å². The number of rotatable bonds is 6. The highest BCUT2D eigenvalue weighted by molar-refractivity contribution is 5.93. The van der Waals surface area contributed by atoms with Crippen LogP contribution in [0.15, 0.2) is 24.5 Å². The molecule has 19 heavy (non-hydrogen) atoms. The molecule has 0 unspecified atom stereocenters. The standard InChI is InChI=1S/C13H19N3O2.ClH/c1-3-16(4-2)13(18)11-6-5-8-15(10-11)9-7-12(14)17;/h5-6,8,10H,3-4,7,9H2,1-2H3,(H-,14,17);1H/p+1. The smallest absolute Gasteiger partial charge is 0.259 e. The number of amides is 2. The Morgan fingerprint density at radius 3 is 2.47 bits per heavy atom. The molecule has 0 spiro atoms. The molecule has 106 valence electrons. The van der Waals surface area contributed by atoms with Crippen LogP contribution in [0.5, 0.6) is 0 Å². The Labute approximate surface area is 119 Å². The first kappa shape index (κ1) is 17.4. The van der Waals surface area contributed by atoms with Crippen LogP contribution < -0.4 is 10.3 Å². The summed E-state index contributed by atoms with van der Waals surface area (Å²) < 4.78 is 1.81. The zero-order valence-corrected chi connectivity index (χ0v) is 12.2. The number of primary amides is 1. The second-order valence-electron chi connectivity index (χ2n) is 4.02. The minimum Gasteiger partial charge on any atom is -0.369 e. The number of halogens is 1. The first-order valence-corrected chi connectivity index (χ1v) is 6.15. The van der Waals surface area contributed by atoms with E-state index in [0.29, 0.717) is 25.2 Å². The van der Waals surface area contributed by atoms with E-state index in [2.05, 4.69) is 0 Å². The van der Waals surface area contributed by atoms with Gasteiger partial charge in [-0.25, -0.2) is 4.57 Å². The van der Waals surface area contributed by atoms with Crippen molar-refractivity contribution in [1.29, 1.82) is 0 Å². The van der Waals surface area contributed by atoms with Crippen LogP contribution in [0.3, 0.4) is 0 Å². The van der Waals surface area contributed by atoms with E-state index in [4.69, 9.17) is 5.73 Å². The zero-order chi connectivity index (χ0) is 13.5. The van der Waals surface area contributed by atoms with Gasteiger partial charge in [0.1, 0.15) is 5.56 Å². The van der Waals surface area contributed by atoms with E-state index in [1.807, 2.05) is 24.6 Å².